The number of rotatable bonds is 7. The van der Waals surface area contributed by atoms with Crippen LogP contribution >= 0.6 is 0 Å². The maximum atomic E-state index is 12.5. The van der Waals surface area contributed by atoms with E-state index in [1.54, 1.807) is 53.4 Å². The zero-order valence-electron chi connectivity index (χ0n) is 16.3. The third-order valence-electron chi connectivity index (χ3n) is 4.58. The SMILES string of the molecule is COc1ccc(N(CC(=O)Nc2ccc(N3CCCC3=O)cc2)S(C)(=O)=O)cc1. The summed E-state index contributed by atoms with van der Waals surface area (Å²) >= 11 is 0. The van der Waals surface area contributed by atoms with Crippen molar-refractivity contribution in [1.82, 2.24) is 0 Å². The molecule has 0 atom stereocenters. The molecule has 8 nitrogen and oxygen atoms in total. The highest BCUT2D eigenvalue weighted by molar-refractivity contribution is 7.92. The smallest absolute Gasteiger partial charge is 0.245 e. The molecule has 0 saturated carbocycles. The van der Waals surface area contributed by atoms with Crippen molar-refractivity contribution in [1.29, 1.82) is 0 Å². The average molecular weight is 417 g/mol. The van der Waals surface area contributed by atoms with Crippen LogP contribution in [-0.4, -0.2) is 46.7 Å². The van der Waals surface area contributed by atoms with Gasteiger partial charge in [-0.2, -0.15) is 0 Å². The summed E-state index contributed by atoms with van der Waals surface area (Å²) in [4.78, 5) is 26.0. The largest absolute Gasteiger partial charge is 0.497 e. The Morgan fingerprint density at radius 1 is 1.14 bits per heavy atom. The lowest BCUT2D eigenvalue weighted by Crippen LogP contribution is -2.37. The highest BCUT2D eigenvalue weighted by Gasteiger charge is 2.22. The fraction of sp³-hybridized carbons (Fsp3) is 0.300. The van der Waals surface area contributed by atoms with Crippen molar-refractivity contribution in [3.05, 3.63) is 48.5 Å². The number of hydrogen-bond acceptors (Lipinski definition) is 5. The van der Waals surface area contributed by atoms with E-state index < -0.39 is 15.9 Å². The predicted molar refractivity (Wildman–Crippen MR) is 112 cm³/mol. The lowest BCUT2D eigenvalue weighted by molar-refractivity contribution is -0.117. The van der Waals surface area contributed by atoms with Crippen LogP contribution in [-0.2, 0) is 19.6 Å². The summed E-state index contributed by atoms with van der Waals surface area (Å²) in [6.07, 6.45) is 2.43. The van der Waals surface area contributed by atoms with Crippen LogP contribution in [0.4, 0.5) is 17.1 Å². The minimum absolute atomic E-state index is 0.0880. The maximum absolute atomic E-state index is 12.5. The molecule has 9 heteroatoms. The second-order valence-corrected chi connectivity index (χ2v) is 8.62. The Balaban J connectivity index is 1.69. The minimum Gasteiger partial charge on any atom is -0.497 e. The van der Waals surface area contributed by atoms with Crippen LogP contribution in [0.25, 0.3) is 0 Å². The van der Waals surface area contributed by atoms with Crippen LogP contribution in [0.3, 0.4) is 0 Å². The molecule has 154 valence electrons. The summed E-state index contributed by atoms with van der Waals surface area (Å²) in [5.41, 5.74) is 1.67. The molecule has 1 saturated heterocycles. The lowest BCUT2D eigenvalue weighted by atomic mass is 10.2. The maximum Gasteiger partial charge on any atom is 0.245 e. The van der Waals surface area contributed by atoms with Gasteiger partial charge in [0.25, 0.3) is 0 Å². The molecule has 0 unspecified atom stereocenters. The van der Waals surface area contributed by atoms with Gasteiger partial charge in [-0.05, 0) is 55.0 Å². The predicted octanol–water partition coefficient (Wildman–Crippen LogP) is 2.23. The number of benzene rings is 2. The third kappa shape index (κ3) is 5.05. The Morgan fingerprint density at radius 2 is 1.79 bits per heavy atom. The lowest BCUT2D eigenvalue weighted by Gasteiger charge is -2.22. The van der Waals surface area contributed by atoms with Crippen molar-refractivity contribution in [2.75, 3.05) is 41.0 Å². The molecule has 29 heavy (non-hydrogen) atoms. The number of carbonyl (C=O) groups excluding carboxylic acids is 2. The van der Waals surface area contributed by atoms with Gasteiger partial charge >= 0.3 is 0 Å². The van der Waals surface area contributed by atoms with E-state index in [4.69, 9.17) is 4.74 Å². The van der Waals surface area contributed by atoms with E-state index in [2.05, 4.69) is 5.32 Å². The van der Waals surface area contributed by atoms with Gasteiger partial charge in [0, 0.05) is 24.3 Å². The van der Waals surface area contributed by atoms with Gasteiger partial charge in [-0.25, -0.2) is 8.42 Å². The molecule has 0 aliphatic carbocycles. The first-order chi connectivity index (χ1) is 13.8. The number of anilines is 3. The topological polar surface area (TPSA) is 96.0 Å². The zero-order valence-corrected chi connectivity index (χ0v) is 17.1. The van der Waals surface area contributed by atoms with E-state index in [9.17, 15) is 18.0 Å². The number of amides is 2. The molecule has 1 aliphatic heterocycles. The van der Waals surface area contributed by atoms with E-state index in [1.807, 2.05) is 0 Å². The number of methoxy groups -OCH3 is 1. The molecule has 1 aliphatic rings. The van der Waals surface area contributed by atoms with Crippen LogP contribution in [0, 0.1) is 0 Å². The van der Waals surface area contributed by atoms with Gasteiger partial charge in [-0.15, -0.1) is 0 Å². The van der Waals surface area contributed by atoms with E-state index in [-0.39, 0.29) is 12.5 Å². The van der Waals surface area contributed by atoms with Gasteiger partial charge in [0.05, 0.1) is 19.1 Å². The first-order valence-corrected chi connectivity index (χ1v) is 10.9. The van der Waals surface area contributed by atoms with Crippen molar-refractivity contribution in [2.24, 2.45) is 0 Å². The van der Waals surface area contributed by atoms with E-state index >= 15 is 0 Å². The molecule has 1 N–H and O–H groups in total. The fourth-order valence-electron chi connectivity index (χ4n) is 3.13. The number of nitrogens with one attached hydrogen (secondary N) is 1. The molecule has 2 amide bonds. The van der Waals surface area contributed by atoms with Crippen LogP contribution < -0.4 is 19.3 Å². The summed E-state index contributed by atoms with van der Waals surface area (Å²) in [5, 5.41) is 2.69. The second-order valence-electron chi connectivity index (χ2n) is 6.71. The highest BCUT2D eigenvalue weighted by atomic mass is 32.2. The van der Waals surface area contributed by atoms with Gasteiger partial charge in [-0.1, -0.05) is 0 Å². The zero-order chi connectivity index (χ0) is 21.0. The van der Waals surface area contributed by atoms with Gasteiger partial charge in [0.1, 0.15) is 12.3 Å². The standard InChI is InChI=1S/C20H23N3O5S/c1-28-18-11-9-17(10-12-18)23(29(2,26)27)14-19(24)21-15-5-7-16(8-6-15)22-13-3-4-20(22)25/h5-12H,3-4,13-14H2,1-2H3,(H,21,24). The molecule has 0 spiro atoms. The van der Waals surface area contributed by atoms with Crippen molar-refractivity contribution >= 4 is 38.9 Å². The van der Waals surface area contributed by atoms with Crippen LogP contribution in [0.1, 0.15) is 12.8 Å². The summed E-state index contributed by atoms with van der Waals surface area (Å²) in [5.74, 6) is 0.199. The Bertz CT molecular complexity index is 988. The molecule has 0 aromatic heterocycles. The summed E-state index contributed by atoms with van der Waals surface area (Å²) < 4.78 is 30.5. The Hall–Kier alpha value is -3.07. The van der Waals surface area contributed by atoms with Gasteiger partial charge in [0.2, 0.25) is 21.8 Å². The molecule has 2 aromatic carbocycles. The Labute approximate surface area is 170 Å². The molecular formula is C20H23N3O5S. The molecule has 1 heterocycles. The Morgan fingerprint density at radius 3 is 2.31 bits per heavy atom. The van der Waals surface area contributed by atoms with Crippen LogP contribution in [0.15, 0.2) is 48.5 Å². The van der Waals surface area contributed by atoms with E-state index in [0.29, 0.717) is 30.1 Å². The number of sulfonamides is 1. The molecular weight excluding hydrogens is 394 g/mol. The van der Waals surface area contributed by atoms with Gasteiger partial charge in [0.15, 0.2) is 0 Å². The molecule has 0 radical (unpaired) electrons. The summed E-state index contributed by atoms with van der Waals surface area (Å²) in [7, 11) is -2.15. The van der Waals surface area contributed by atoms with Crippen molar-refractivity contribution in [3.63, 3.8) is 0 Å². The van der Waals surface area contributed by atoms with Crippen molar-refractivity contribution in [2.45, 2.75) is 12.8 Å². The van der Waals surface area contributed by atoms with E-state index in [1.165, 1.54) is 7.11 Å². The summed E-state index contributed by atoms with van der Waals surface area (Å²) in [6, 6.07) is 13.3. The fourth-order valence-corrected chi connectivity index (χ4v) is 3.98. The second kappa shape index (κ2) is 8.52. The first kappa shape index (κ1) is 20.7. The quantitative estimate of drug-likeness (QED) is 0.745. The van der Waals surface area contributed by atoms with E-state index in [0.717, 1.165) is 22.7 Å². The number of ether oxygens (including phenoxy) is 1. The minimum atomic E-state index is -3.66. The van der Waals surface area contributed by atoms with Gasteiger partial charge in [-0.3, -0.25) is 13.9 Å². The van der Waals surface area contributed by atoms with Gasteiger partial charge < -0.3 is 15.0 Å². The first-order valence-electron chi connectivity index (χ1n) is 9.10. The Kier molecular flexibility index (Phi) is 6.07. The molecule has 3 rings (SSSR count). The number of hydrogen-bond donors (Lipinski definition) is 1. The van der Waals surface area contributed by atoms with Crippen molar-refractivity contribution in [3.8, 4) is 5.75 Å². The summed E-state index contributed by atoms with van der Waals surface area (Å²) in [6.45, 7) is 0.327. The number of carbonyl (C=O) groups is 2. The normalized spacial score (nSPS) is 14.0. The number of nitrogens with zero attached hydrogens (tertiary/aromatic N) is 2. The van der Waals surface area contributed by atoms with Crippen LogP contribution in [0.2, 0.25) is 0 Å². The monoisotopic (exact) mass is 417 g/mol. The third-order valence-corrected chi connectivity index (χ3v) is 5.72. The molecule has 2 aromatic rings. The molecule has 0 bridgehead atoms. The highest BCUT2D eigenvalue weighted by Crippen LogP contribution is 2.24. The van der Waals surface area contributed by atoms with Crippen LogP contribution in [0.5, 0.6) is 5.75 Å². The average Bonchev–Trinajstić information content (AvgIpc) is 3.12. The molecule has 1 fully saturated rings. The van der Waals surface area contributed by atoms with Crippen molar-refractivity contribution < 1.29 is 22.7 Å².